The molecule has 1 aliphatic heterocycles. The van der Waals surface area contributed by atoms with Gasteiger partial charge in [-0.2, -0.15) is 0 Å². The average molecular weight is 268 g/mol. The molecular formula is C13H14ClNO3. The van der Waals surface area contributed by atoms with Gasteiger partial charge in [-0.1, -0.05) is 17.7 Å². The predicted octanol–water partition coefficient (Wildman–Crippen LogP) is 2.62. The number of rotatable bonds is 3. The van der Waals surface area contributed by atoms with Crippen molar-refractivity contribution in [2.24, 2.45) is 5.92 Å². The second-order valence-electron chi connectivity index (χ2n) is 4.53. The third-order valence-electron chi connectivity index (χ3n) is 3.28. The van der Waals surface area contributed by atoms with Crippen molar-refractivity contribution < 1.29 is 14.7 Å². The molecule has 96 valence electrons. The van der Waals surface area contributed by atoms with E-state index in [4.69, 9.17) is 16.7 Å². The van der Waals surface area contributed by atoms with Crippen LogP contribution in [-0.2, 0) is 16.0 Å². The van der Waals surface area contributed by atoms with Crippen LogP contribution < -0.4 is 5.32 Å². The van der Waals surface area contributed by atoms with Crippen molar-refractivity contribution in [3.63, 3.8) is 0 Å². The van der Waals surface area contributed by atoms with E-state index in [1.54, 1.807) is 6.07 Å². The highest BCUT2D eigenvalue weighted by Crippen LogP contribution is 2.33. The number of carbonyl (C=O) groups is 2. The van der Waals surface area contributed by atoms with Crippen LogP contribution in [-0.4, -0.2) is 17.0 Å². The van der Waals surface area contributed by atoms with Crippen LogP contribution >= 0.6 is 11.6 Å². The number of amides is 1. The van der Waals surface area contributed by atoms with Crippen molar-refractivity contribution in [1.82, 2.24) is 0 Å². The van der Waals surface area contributed by atoms with E-state index in [2.05, 4.69) is 5.32 Å². The summed E-state index contributed by atoms with van der Waals surface area (Å²) < 4.78 is 0. The molecule has 5 heteroatoms. The van der Waals surface area contributed by atoms with Crippen LogP contribution in [0.2, 0.25) is 5.02 Å². The number of hydrogen-bond donors (Lipinski definition) is 2. The lowest BCUT2D eigenvalue weighted by molar-refractivity contribution is -0.137. The van der Waals surface area contributed by atoms with Gasteiger partial charge in [0.25, 0.3) is 0 Å². The Balaban J connectivity index is 2.21. The third kappa shape index (κ3) is 2.48. The zero-order valence-electron chi connectivity index (χ0n) is 10.00. The van der Waals surface area contributed by atoms with E-state index in [-0.39, 0.29) is 18.2 Å². The van der Waals surface area contributed by atoms with Gasteiger partial charge in [-0.25, -0.2) is 0 Å². The monoisotopic (exact) mass is 267 g/mol. The van der Waals surface area contributed by atoms with Gasteiger partial charge >= 0.3 is 5.97 Å². The molecule has 1 aromatic carbocycles. The van der Waals surface area contributed by atoms with Crippen LogP contribution in [0.25, 0.3) is 0 Å². The van der Waals surface area contributed by atoms with Crippen molar-refractivity contribution in [2.75, 3.05) is 5.32 Å². The highest BCUT2D eigenvalue weighted by atomic mass is 35.5. The molecule has 18 heavy (non-hydrogen) atoms. The molecule has 1 unspecified atom stereocenters. The zero-order valence-corrected chi connectivity index (χ0v) is 10.8. The number of hydrogen-bond acceptors (Lipinski definition) is 2. The largest absolute Gasteiger partial charge is 0.481 e. The molecule has 0 saturated carbocycles. The third-order valence-corrected chi connectivity index (χ3v) is 3.69. The van der Waals surface area contributed by atoms with Crippen LogP contribution in [0.15, 0.2) is 12.1 Å². The number of aliphatic carboxylic acids is 1. The fourth-order valence-electron chi connectivity index (χ4n) is 2.20. The lowest BCUT2D eigenvalue weighted by atomic mass is 9.88. The van der Waals surface area contributed by atoms with Gasteiger partial charge in [0.2, 0.25) is 5.91 Å². The van der Waals surface area contributed by atoms with E-state index in [9.17, 15) is 9.59 Å². The van der Waals surface area contributed by atoms with Gasteiger partial charge in [0.05, 0.1) is 0 Å². The van der Waals surface area contributed by atoms with E-state index in [1.807, 2.05) is 13.0 Å². The van der Waals surface area contributed by atoms with E-state index < -0.39 is 5.97 Å². The first-order chi connectivity index (χ1) is 8.49. The molecule has 2 N–H and O–H groups in total. The van der Waals surface area contributed by atoms with Crippen LogP contribution in [0.4, 0.5) is 5.69 Å². The second kappa shape index (κ2) is 4.98. The Morgan fingerprint density at radius 3 is 2.94 bits per heavy atom. The summed E-state index contributed by atoms with van der Waals surface area (Å²) in [6.45, 7) is 1.86. The van der Waals surface area contributed by atoms with Crippen molar-refractivity contribution in [2.45, 2.75) is 26.2 Å². The molecule has 0 aliphatic carbocycles. The zero-order chi connectivity index (χ0) is 13.3. The van der Waals surface area contributed by atoms with E-state index in [0.29, 0.717) is 17.9 Å². The quantitative estimate of drug-likeness (QED) is 0.885. The molecule has 0 saturated heterocycles. The molecule has 0 spiro atoms. The molecule has 2 rings (SSSR count). The molecular weight excluding hydrogens is 254 g/mol. The normalized spacial score (nSPS) is 18.1. The van der Waals surface area contributed by atoms with Crippen LogP contribution in [0.3, 0.4) is 0 Å². The number of carbonyl (C=O) groups excluding carboxylic acids is 1. The molecule has 0 bridgehead atoms. The minimum absolute atomic E-state index is 0.0139. The Morgan fingerprint density at radius 2 is 2.28 bits per heavy atom. The summed E-state index contributed by atoms with van der Waals surface area (Å²) in [5.41, 5.74) is 2.66. The summed E-state index contributed by atoms with van der Waals surface area (Å²) in [5.74, 6) is -1.26. The minimum atomic E-state index is -0.874. The van der Waals surface area contributed by atoms with Crippen LogP contribution in [0.1, 0.15) is 24.0 Å². The molecule has 0 aromatic heterocycles. The Labute approximate surface area is 110 Å². The molecule has 1 aliphatic rings. The maximum Gasteiger partial charge on any atom is 0.303 e. The highest BCUT2D eigenvalue weighted by Gasteiger charge is 2.27. The first-order valence-electron chi connectivity index (χ1n) is 5.79. The Hall–Kier alpha value is -1.55. The number of carboxylic acids is 1. The van der Waals surface area contributed by atoms with Gasteiger partial charge in [0.1, 0.15) is 0 Å². The van der Waals surface area contributed by atoms with Crippen molar-refractivity contribution in [3.05, 3.63) is 28.3 Å². The van der Waals surface area contributed by atoms with E-state index in [0.717, 1.165) is 16.8 Å². The molecule has 0 fully saturated rings. The first-order valence-corrected chi connectivity index (χ1v) is 6.17. The number of benzene rings is 1. The van der Waals surface area contributed by atoms with E-state index >= 15 is 0 Å². The fourth-order valence-corrected chi connectivity index (χ4v) is 2.36. The molecule has 1 atom stereocenters. The predicted molar refractivity (Wildman–Crippen MR) is 68.9 cm³/mol. The van der Waals surface area contributed by atoms with Gasteiger partial charge in [0.15, 0.2) is 0 Å². The molecule has 1 heterocycles. The van der Waals surface area contributed by atoms with Gasteiger partial charge in [-0.05, 0) is 37.0 Å². The van der Waals surface area contributed by atoms with Gasteiger partial charge in [0, 0.05) is 23.0 Å². The lowest BCUT2D eigenvalue weighted by Crippen LogP contribution is -2.30. The standard InChI is InChI=1S/C13H14ClNO3/c1-7-10(14)4-2-8-6-9(3-5-11(16)17)13(18)15-12(7)8/h2,4,9H,3,5-6H2,1H3,(H,15,18)(H,16,17). The number of fused-ring (bicyclic) bond motifs is 1. The van der Waals surface area contributed by atoms with E-state index in [1.165, 1.54) is 0 Å². The molecule has 1 aromatic rings. The lowest BCUT2D eigenvalue weighted by Gasteiger charge is -2.26. The minimum Gasteiger partial charge on any atom is -0.481 e. The van der Waals surface area contributed by atoms with Crippen molar-refractivity contribution >= 4 is 29.2 Å². The first kappa shape index (κ1) is 12.9. The van der Waals surface area contributed by atoms with Gasteiger partial charge in [-0.3, -0.25) is 9.59 Å². The number of halogens is 1. The van der Waals surface area contributed by atoms with Crippen molar-refractivity contribution in [3.8, 4) is 0 Å². The smallest absolute Gasteiger partial charge is 0.303 e. The number of nitrogens with one attached hydrogen (secondary N) is 1. The summed E-state index contributed by atoms with van der Waals surface area (Å²) in [4.78, 5) is 22.4. The van der Waals surface area contributed by atoms with Crippen molar-refractivity contribution in [1.29, 1.82) is 0 Å². The Bertz CT molecular complexity index is 513. The van der Waals surface area contributed by atoms with Crippen LogP contribution in [0.5, 0.6) is 0 Å². The molecule has 4 nitrogen and oxygen atoms in total. The average Bonchev–Trinajstić information content (AvgIpc) is 2.32. The molecule has 1 amide bonds. The number of carboxylic acid groups (broad SMARTS) is 1. The summed E-state index contributed by atoms with van der Waals surface area (Å²) in [6, 6.07) is 3.69. The summed E-state index contributed by atoms with van der Waals surface area (Å²) in [6.07, 6.45) is 0.953. The van der Waals surface area contributed by atoms with Crippen LogP contribution in [0, 0.1) is 12.8 Å². The highest BCUT2D eigenvalue weighted by molar-refractivity contribution is 6.31. The number of anilines is 1. The van der Waals surface area contributed by atoms with Gasteiger partial charge in [-0.15, -0.1) is 0 Å². The topological polar surface area (TPSA) is 66.4 Å². The maximum atomic E-state index is 11.9. The summed E-state index contributed by atoms with van der Waals surface area (Å²) >= 11 is 6.00. The Morgan fingerprint density at radius 1 is 1.56 bits per heavy atom. The fraction of sp³-hybridized carbons (Fsp3) is 0.385. The molecule has 0 radical (unpaired) electrons. The Kier molecular flexibility index (Phi) is 3.57. The summed E-state index contributed by atoms with van der Waals surface area (Å²) in [7, 11) is 0. The SMILES string of the molecule is Cc1c(Cl)ccc2c1NC(=O)C(CCC(=O)O)C2. The second-order valence-corrected chi connectivity index (χ2v) is 4.94. The maximum absolute atomic E-state index is 11.9. The van der Waals surface area contributed by atoms with Gasteiger partial charge < -0.3 is 10.4 Å². The summed E-state index contributed by atoms with van der Waals surface area (Å²) in [5, 5.41) is 12.1.